The lowest BCUT2D eigenvalue weighted by Crippen LogP contribution is -2.20. The van der Waals surface area contributed by atoms with Gasteiger partial charge in [-0.1, -0.05) is 0 Å². The molecule has 112 valence electrons. The van der Waals surface area contributed by atoms with Gasteiger partial charge in [0.25, 0.3) is 6.43 Å². The van der Waals surface area contributed by atoms with Crippen molar-refractivity contribution in [2.75, 3.05) is 0 Å². The third-order valence-electron chi connectivity index (χ3n) is 2.08. The summed E-state index contributed by atoms with van der Waals surface area (Å²) in [5, 5.41) is 8.55. The summed E-state index contributed by atoms with van der Waals surface area (Å²) in [7, 11) is 0. The van der Waals surface area contributed by atoms with Crippen LogP contribution in [0.3, 0.4) is 0 Å². The summed E-state index contributed by atoms with van der Waals surface area (Å²) in [6.45, 7) is 0. The Balaban J connectivity index is 3.33. The number of carboxylic acids is 1. The van der Waals surface area contributed by atoms with Crippen molar-refractivity contribution in [1.82, 2.24) is 4.98 Å². The lowest BCUT2D eigenvalue weighted by Gasteiger charge is -2.14. The number of hydrogen-bond acceptors (Lipinski definition) is 3. The van der Waals surface area contributed by atoms with Gasteiger partial charge < -0.3 is 9.84 Å². The first-order chi connectivity index (χ1) is 9.14. The van der Waals surface area contributed by atoms with Crippen molar-refractivity contribution in [3.05, 3.63) is 22.9 Å². The normalized spacial score (nSPS) is 11.8. The minimum atomic E-state index is -5.10. The number of carboxylic acid groups (broad SMARTS) is 1. The van der Waals surface area contributed by atoms with E-state index in [4.69, 9.17) is 16.7 Å². The minimum absolute atomic E-state index is 0.409. The van der Waals surface area contributed by atoms with Crippen LogP contribution in [-0.4, -0.2) is 22.4 Å². The second-order valence-electron chi connectivity index (χ2n) is 3.54. The number of nitrogens with zero attached hydrogens (tertiary/aromatic N) is 1. The Hall–Kier alpha value is -1.64. The summed E-state index contributed by atoms with van der Waals surface area (Å²) < 4.78 is 65.4. The molecule has 20 heavy (non-hydrogen) atoms. The van der Waals surface area contributed by atoms with Crippen LogP contribution in [0, 0.1) is 0 Å². The molecule has 1 rings (SSSR count). The zero-order chi connectivity index (χ0) is 15.5. The first-order valence-corrected chi connectivity index (χ1v) is 5.52. The number of ether oxygens (including phenoxy) is 1. The zero-order valence-corrected chi connectivity index (χ0v) is 10.3. The number of rotatable bonds is 5. The van der Waals surface area contributed by atoms with Crippen LogP contribution < -0.4 is 4.74 Å². The van der Waals surface area contributed by atoms with E-state index in [1.165, 1.54) is 0 Å². The van der Waals surface area contributed by atoms with E-state index in [2.05, 4.69) is 9.72 Å². The number of aliphatic carboxylic acids is 1. The molecule has 0 atom stereocenters. The maximum atomic E-state index is 12.7. The standard InChI is InChI=1S/C10H7ClF5NO3/c11-3-4-1-5(8(12)13)6(2-7(18)19)17-9(4)20-10(14,15)16/h1,8H,2-3H2,(H,18,19). The second-order valence-corrected chi connectivity index (χ2v) is 3.81. The van der Waals surface area contributed by atoms with E-state index in [-0.39, 0.29) is 0 Å². The molecule has 0 aliphatic carbocycles. The Morgan fingerprint density at radius 1 is 1.45 bits per heavy atom. The van der Waals surface area contributed by atoms with Gasteiger partial charge in [-0.25, -0.2) is 13.8 Å². The summed E-state index contributed by atoms with van der Waals surface area (Å²) in [4.78, 5) is 13.7. The number of halogens is 6. The maximum absolute atomic E-state index is 12.7. The van der Waals surface area contributed by atoms with Gasteiger partial charge in [0.15, 0.2) is 0 Å². The Morgan fingerprint density at radius 3 is 2.45 bits per heavy atom. The fourth-order valence-corrected chi connectivity index (χ4v) is 1.55. The van der Waals surface area contributed by atoms with Gasteiger partial charge in [-0.15, -0.1) is 24.8 Å². The average molecular weight is 320 g/mol. The highest BCUT2D eigenvalue weighted by molar-refractivity contribution is 6.17. The quantitative estimate of drug-likeness (QED) is 0.668. The van der Waals surface area contributed by atoms with Crippen molar-refractivity contribution < 1.29 is 36.6 Å². The van der Waals surface area contributed by atoms with Crippen LogP contribution in [-0.2, 0) is 17.1 Å². The molecule has 0 amide bonds. The highest BCUT2D eigenvalue weighted by Gasteiger charge is 2.34. The Bertz CT molecular complexity index is 506. The third kappa shape index (κ3) is 4.48. The molecule has 0 aromatic carbocycles. The van der Waals surface area contributed by atoms with Gasteiger partial charge in [0.05, 0.1) is 18.0 Å². The summed E-state index contributed by atoms with van der Waals surface area (Å²) in [5.74, 6) is -3.10. The predicted octanol–water partition coefficient (Wildman–Crippen LogP) is 3.28. The van der Waals surface area contributed by atoms with Gasteiger partial charge in [0.2, 0.25) is 5.88 Å². The summed E-state index contributed by atoms with van der Waals surface area (Å²) in [5.41, 5.74) is -1.91. The molecule has 1 aromatic rings. The molecule has 0 aliphatic heterocycles. The number of alkyl halides is 6. The zero-order valence-electron chi connectivity index (χ0n) is 9.55. The molecule has 0 spiro atoms. The molecule has 10 heteroatoms. The molecule has 0 saturated heterocycles. The van der Waals surface area contributed by atoms with Gasteiger partial charge >= 0.3 is 12.3 Å². The van der Waals surface area contributed by atoms with Gasteiger partial charge in [0, 0.05) is 11.1 Å². The van der Waals surface area contributed by atoms with Gasteiger partial charge in [-0.2, -0.15) is 0 Å². The number of hydrogen-bond donors (Lipinski definition) is 1. The van der Waals surface area contributed by atoms with Crippen molar-refractivity contribution in [2.45, 2.75) is 25.1 Å². The molecule has 0 radical (unpaired) electrons. The highest BCUT2D eigenvalue weighted by atomic mass is 35.5. The van der Waals surface area contributed by atoms with Crippen LogP contribution in [0.25, 0.3) is 0 Å². The van der Waals surface area contributed by atoms with Crippen molar-refractivity contribution in [3.8, 4) is 5.88 Å². The van der Waals surface area contributed by atoms with Gasteiger partial charge in [0.1, 0.15) is 0 Å². The Labute approximate surface area is 114 Å². The van der Waals surface area contributed by atoms with Crippen molar-refractivity contribution in [3.63, 3.8) is 0 Å². The largest absolute Gasteiger partial charge is 0.574 e. The average Bonchev–Trinajstić information content (AvgIpc) is 2.25. The second kappa shape index (κ2) is 6.21. The van der Waals surface area contributed by atoms with E-state index in [0.29, 0.717) is 6.07 Å². The van der Waals surface area contributed by atoms with Gasteiger partial charge in [-0.05, 0) is 6.07 Å². The lowest BCUT2D eigenvalue weighted by atomic mass is 10.1. The summed E-state index contributed by atoms with van der Waals surface area (Å²) >= 11 is 5.35. The van der Waals surface area contributed by atoms with E-state index in [1.54, 1.807) is 0 Å². The summed E-state index contributed by atoms with van der Waals surface area (Å²) in [6.07, 6.45) is -9.16. The predicted molar refractivity (Wildman–Crippen MR) is 56.8 cm³/mol. The van der Waals surface area contributed by atoms with E-state index in [0.717, 1.165) is 0 Å². The van der Waals surface area contributed by atoms with Crippen molar-refractivity contribution >= 4 is 17.6 Å². The van der Waals surface area contributed by atoms with Crippen LogP contribution in [0.2, 0.25) is 0 Å². The smallest absolute Gasteiger partial charge is 0.481 e. The van der Waals surface area contributed by atoms with Crippen LogP contribution >= 0.6 is 11.6 Å². The fraction of sp³-hybridized carbons (Fsp3) is 0.400. The first kappa shape index (κ1) is 16.4. The van der Waals surface area contributed by atoms with Crippen molar-refractivity contribution in [1.29, 1.82) is 0 Å². The fourth-order valence-electron chi connectivity index (χ4n) is 1.36. The van der Waals surface area contributed by atoms with Crippen LogP contribution in [0.4, 0.5) is 22.0 Å². The lowest BCUT2D eigenvalue weighted by molar-refractivity contribution is -0.276. The Morgan fingerprint density at radius 2 is 2.05 bits per heavy atom. The number of pyridine rings is 1. The molecule has 0 fully saturated rings. The molecule has 1 heterocycles. The highest BCUT2D eigenvalue weighted by Crippen LogP contribution is 2.31. The molecule has 4 nitrogen and oxygen atoms in total. The molecular weight excluding hydrogens is 313 g/mol. The maximum Gasteiger partial charge on any atom is 0.574 e. The first-order valence-electron chi connectivity index (χ1n) is 4.98. The van der Waals surface area contributed by atoms with E-state index < -0.39 is 53.8 Å². The topological polar surface area (TPSA) is 59.4 Å². The van der Waals surface area contributed by atoms with Gasteiger partial charge in [-0.3, -0.25) is 4.79 Å². The van der Waals surface area contributed by atoms with Crippen LogP contribution in [0.5, 0.6) is 5.88 Å². The molecule has 1 N–H and O–H groups in total. The molecule has 0 unspecified atom stereocenters. The molecule has 0 bridgehead atoms. The minimum Gasteiger partial charge on any atom is -0.481 e. The SMILES string of the molecule is O=C(O)Cc1nc(OC(F)(F)F)c(CCl)cc1C(F)F. The van der Waals surface area contributed by atoms with Crippen LogP contribution in [0.1, 0.15) is 23.2 Å². The number of carbonyl (C=O) groups is 1. The van der Waals surface area contributed by atoms with E-state index in [9.17, 15) is 26.7 Å². The molecule has 0 aliphatic rings. The molecular formula is C10H7ClF5NO3. The van der Waals surface area contributed by atoms with Crippen LogP contribution in [0.15, 0.2) is 6.07 Å². The van der Waals surface area contributed by atoms with E-state index >= 15 is 0 Å². The molecule has 0 saturated carbocycles. The number of aromatic nitrogens is 1. The monoisotopic (exact) mass is 319 g/mol. The third-order valence-corrected chi connectivity index (χ3v) is 2.37. The van der Waals surface area contributed by atoms with E-state index in [1.807, 2.05) is 0 Å². The van der Waals surface area contributed by atoms with Crippen molar-refractivity contribution in [2.24, 2.45) is 0 Å². The Kier molecular flexibility index (Phi) is 5.09. The molecule has 1 aromatic heterocycles. The summed E-state index contributed by atoms with van der Waals surface area (Å²) in [6, 6.07) is 0.657.